The minimum absolute atomic E-state index is 0.340. The van der Waals surface area contributed by atoms with Gasteiger partial charge >= 0.3 is 17.9 Å². The second kappa shape index (κ2) is 14.7. The smallest absolute Gasteiger partial charge is 0.322 e. The molecule has 0 aliphatic heterocycles. The summed E-state index contributed by atoms with van der Waals surface area (Å²) in [5.74, 6) is -1.68. The molecule has 0 saturated heterocycles. The fourth-order valence-electron chi connectivity index (χ4n) is 0.460. The molecule has 0 aromatic heterocycles. The Bertz CT molecular complexity index is 305. The standard InChI is InChI=1S/C5H11NO2.C4H9NO2.C3H7NO2/c1-3-8-5(7)4(2)6;1-3(5)4(6)7-2;1-2(4)3(5)6/h4H,3,6H2,1-2H3;3H,5H2,1-2H3;2H,4H2,1H3,(H,5,6)/t4-;3-;2-/m111/s1. The number of ether oxygens (including phenoxy) is 2. The van der Waals surface area contributed by atoms with Crippen LogP contribution >= 0.6 is 0 Å². The molecular weight excluding hydrogens is 282 g/mol. The lowest BCUT2D eigenvalue weighted by Gasteiger charge is -2.02. The summed E-state index contributed by atoms with van der Waals surface area (Å²) in [5.41, 5.74) is 15.1. The van der Waals surface area contributed by atoms with E-state index in [0.717, 1.165) is 0 Å². The Labute approximate surface area is 124 Å². The van der Waals surface area contributed by atoms with Gasteiger partial charge < -0.3 is 31.8 Å². The van der Waals surface area contributed by atoms with Gasteiger partial charge in [-0.05, 0) is 27.7 Å². The van der Waals surface area contributed by atoms with E-state index < -0.39 is 24.1 Å². The number of carboxylic acids is 1. The van der Waals surface area contributed by atoms with Gasteiger partial charge in [-0.1, -0.05) is 0 Å². The molecule has 0 saturated carbocycles. The predicted octanol–water partition coefficient (Wildman–Crippen LogP) is -1.18. The van der Waals surface area contributed by atoms with Crippen LogP contribution in [0.15, 0.2) is 0 Å². The molecule has 0 heterocycles. The number of nitrogens with two attached hydrogens (primary N) is 3. The van der Waals surface area contributed by atoms with Crippen molar-refractivity contribution in [3.8, 4) is 0 Å². The lowest BCUT2D eigenvalue weighted by atomic mass is 10.4. The van der Waals surface area contributed by atoms with Crippen molar-refractivity contribution in [1.29, 1.82) is 0 Å². The largest absolute Gasteiger partial charge is 0.480 e. The summed E-state index contributed by atoms with van der Waals surface area (Å²) in [6.45, 7) is 6.74. The highest BCUT2D eigenvalue weighted by Crippen LogP contribution is 1.81. The molecule has 7 N–H and O–H groups in total. The van der Waals surface area contributed by atoms with Gasteiger partial charge in [0.2, 0.25) is 0 Å². The molecule has 0 unspecified atom stereocenters. The minimum atomic E-state index is -0.963. The van der Waals surface area contributed by atoms with Crippen molar-refractivity contribution >= 4 is 17.9 Å². The van der Waals surface area contributed by atoms with Crippen LogP contribution in [0.4, 0.5) is 0 Å². The van der Waals surface area contributed by atoms with E-state index in [2.05, 4.69) is 9.47 Å². The van der Waals surface area contributed by atoms with Crippen molar-refractivity contribution in [2.45, 2.75) is 45.8 Å². The molecule has 0 aromatic carbocycles. The summed E-state index contributed by atoms with van der Waals surface area (Å²) < 4.78 is 8.79. The first kappa shape index (κ1) is 24.3. The molecule has 0 bridgehead atoms. The van der Waals surface area contributed by atoms with Gasteiger partial charge in [-0.15, -0.1) is 0 Å². The summed E-state index contributed by atoms with van der Waals surface area (Å²) in [6, 6.07) is -1.72. The zero-order valence-electron chi connectivity index (χ0n) is 13.2. The van der Waals surface area contributed by atoms with Gasteiger partial charge in [0.25, 0.3) is 0 Å². The minimum Gasteiger partial charge on any atom is -0.480 e. The van der Waals surface area contributed by atoms with Gasteiger partial charge in [0.05, 0.1) is 13.7 Å². The van der Waals surface area contributed by atoms with E-state index in [0.29, 0.717) is 6.61 Å². The van der Waals surface area contributed by atoms with E-state index in [4.69, 9.17) is 22.3 Å². The lowest BCUT2D eigenvalue weighted by Crippen LogP contribution is -2.28. The fraction of sp³-hybridized carbons (Fsp3) is 0.750. The maximum absolute atomic E-state index is 10.4. The molecule has 0 amide bonds. The van der Waals surface area contributed by atoms with Gasteiger partial charge in [0.15, 0.2) is 0 Å². The maximum atomic E-state index is 10.4. The number of aliphatic carboxylic acids is 1. The lowest BCUT2D eigenvalue weighted by molar-refractivity contribution is -0.144. The zero-order chi connectivity index (χ0) is 17.6. The van der Waals surface area contributed by atoms with Gasteiger partial charge in [-0.3, -0.25) is 14.4 Å². The number of rotatable bonds is 4. The monoisotopic (exact) mass is 309 g/mol. The maximum Gasteiger partial charge on any atom is 0.322 e. The van der Waals surface area contributed by atoms with Crippen molar-refractivity contribution in [2.24, 2.45) is 17.2 Å². The van der Waals surface area contributed by atoms with Gasteiger partial charge in [-0.2, -0.15) is 0 Å². The Morgan fingerprint density at radius 1 is 0.952 bits per heavy atom. The molecule has 9 nitrogen and oxygen atoms in total. The molecule has 9 heteroatoms. The van der Waals surface area contributed by atoms with Crippen LogP contribution in [0.2, 0.25) is 0 Å². The molecule has 3 atom stereocenters. The Balaban J connectivity index is -0.000000234. The first-order chi connectivity index (χ1) is 9.50. The van der Waals surface area contributed by atoms with Crippen molar-refractivity contribution in [1.82, 2.24) is 0 Å². The second-order valence-electron chi connectivity index (χ2n) is 3.98. The van der Waals surface area contributed by atoms with Crippen LogP contribution in [-0.2, 0) is 23.9 Å². The van der Waals surface area contributed by atoms with Crippen LogP contribution in [0, 0.1) is 0 Å². The molecule has 0 aliphatic carbocycles. The molecule has 126 valence electrons. The molecule has 0 spiro atoms. The fourth-order valence-corrected chi connectivity index (χ4v) is 0.460. The van der Waals surface area contributed by atoms with Crippen molar-refractivity contribution in [2.75, 3.05) is 13.7 Å². The van der Waals surface area contributed by atoms with E-state index in [1.165, 1.54) is 14.0 Å². The summed E-state index contributed by atoms with van der Waals surface area (Å²) in [5, 5.41) is 7.87. The number of methoxy groups -OCH3 is 1. The first-order valence-electron chi connectivity index (χ1n) is 6.25. The van der Waals surface area contributed by atoms with Gasteiger partial charge in [0.1, 0.15) is 18.1 Å². The highest BCUT2D eigenvalue weighted by Gasteiger charge is 2.05. The summed E-state index contributed by atoms with van der Waals surface area (Å²) in [6.07, 6.45) is 0. The van der Waals surface area contributed by atoms with Crippen LogP contribution in [0.25, 0.3) is 0 Å². The summed E-state index contributed by atoms with van der Waals surface area (Å²) >= 11 is 0. The van der Waals surface area contributed by atoms with E-state index in [1.54, 1.807) is 20.8 Å². The molecule has 0 rings (SSSR count). The second-order valence-corrected chi connectivity index (χ2v) is 3.98. The van der Waals surface area contributed by atoms with Crippen LogP contribution in [0.1, 0.15) is 27.7 Å². The molecule has 21 heavy (non-hydrogen) atoms. The number of carbonyl (C=O) groups is 3. The van der Waals surface area contributed by atoms with Crippen molar-refractivity contribution < 1.29 is 29.0 Å². The third-order valence-corrected chi connectivity index (χ3v) is 1.62. The number of hydrogen-bond acceptors (Lipinski definition) is 8. The van der Waals surface area contributed by atoms with Crippen LogP contribution in [0.3, 0.4) is 0 Å². The SMILES string of the molecule is CCOC(=O)[C@@H](C)N.COC(=O)[C@@H](C)N.C[C@@H](N)C(=O)O. The average Bonchev–Trinajstić information content (AvgIpc) is 2.39. The normalized spacial score (nSPS) is 13.1. The van der Waals surface area contributed by atoms with Crippen LogP contribution < -0.4 is 17.2 Å². The Morgan fingerprint density at radius 2 is 1.29 bits per heavy atom. The van der Waals surface area contributed by atoms with Crippen molar-refractivity contribution in [3.63, 3.8) is 0 Å². The molecule has 0 fully saturated rings. The number of esters is 2. The quantitative estimate of drug-likeness (QED) is 0.467. The predicted molar refractivity (Wildman–Crippen MR) is 77.2 cm³/mol. The number of carbonyl (C=O) groups excluding carboxylic acids is 2. The zero-order valence-corrected chi connectivity index (χ0v) is 13.2. The van der Waals surface area contributed by atoms with E-state index >= 15 is 0 Å². The first-order valence-corrected chi connectivity index (χ1v) is 6.25. The van der Waals surface area contributed by atoms with Crippen LogP contribution in [-0.4, -0.2) is 54.9 Å². The van der Waals surface area contributed by atoms with Crippen molar-refractivity contribution in [3.05, 3.63) is 0 Å². The van der Waals surface area contributed by atoms with Crippen LogP contribution in [0.5, 0.6) is 0 Å². The molecule has 0 radical (unpaired) electrons. The summed E-state index contributed by atoms with van der Waals surface area (Å²) in [7, 11) is 1.31. The number of carboxylic acid groups (broad SMARTS) is 1. The highest BCUT2D eigenvalue weighted by molar-refractivity contribution is 5.75. The number of hydrogen-bond donors (Lipinski definition) is 4. The highest BCUT2D eigenvalue weighted by atomic mass is 16.5. The Morgan fingerprint density at radius 3 is 1.33 bits per heavy atom. The van der Waals surface area contributed by atoms with E-state index in [9.17, 15) is 14.4 Å². The Hall–Kier alpha value is -1.71. The van der Waals surface area contributed by atoms with E-state index in [1.807, 2.05) is 0 Å². The van der Waals surface area contributed by atoms with Gasteiger partial charge in [0, 0.05) is 0 Å². The summed E-state index contributed by atoms with van der Waals surface area (Å²) in [4.78, 5) is 30.1. The molecule has 0 aromatic rings. The third-order valence-electron chi connectivity index (χ3n) is 1.62. The molecule has 0 aliphatic rings. The van der Waals surface area contributed by atoms with E-state index in [-0.39, 0.29) is 11.9 Å². The van der Waals surface area contributed by atoms with Gasteiger partial charge in [-0.25, -0.2) is 0 Å². The third kappa shape index (κ3) is 20.8. The molecular formula is C12H27N3O6. The average molecular weight is 309 g/mol. The topological polar surface area (TPSA) is 168 Å². The Kier molecular flexibility index (Phi) is 17.0.